The van der Waals surface area contributed by atoms with Crippen LogP contribution < -0.4 is 0 Å². The van der Waals surface area contributed by atoms with Crippen molar-refractivity contribution in [2.45, 2.75) is 129 Å². The second-order valence-corrected chi connectivity index (χ2v) is 9.18. The summed E-state index contributed by atoms with van der Waals surface area (Å²) in [6.45, 7) is 4.50. The molecule has 0 aromatic carbocycles. The second kappa shape index (κ2) is 19.3. The van der Waals surface area contributed by atoms with Gasteiger partial charge in [-0.3, -0.25) is 9.59 Å². The highest BCUT2D eigenvalue weighted by molar-refractivity contribution is 5.98. The van der Waals surface area contributed by atoms with Crippen LogP contribution in [0.3, 0.4) is 0 Å². The Hall–Kier alpha value is -1.38. The van der Waals surface area contributed by atoms with Crippen molar-refractivity contribution in [3.05, 3.63) is 24.3 Å². The lowest BCUT2D eigenvalue weighted by atomic mass is 9.93. The fourth-order valence-electron chi connectivity index (χ4n) is 4.20. The fourth-order valence-corrected chi connectivity index (χ4v) is 4.20. The molecule has 178 valence electrons. The minimum absolute atomic E-state index is 0.390. The van der Waals surface area contributed by atoms with Crippen LogP contribution in [0.4, 0.5) is 0 Å². The van der Waals surface area contributed by atoms with Crippen molar-refractivity contribution in [3.63, 3.8) is 0 Å². The molecular formula is C28H48O3. The van der Waals surface area contributed by atoms with E-state index in [0.717, 1.165) is 25.7 Å². The Morgan fingerprint density at radius 3 is 1.23 bits per heavy atom. The van der Waals surface area contributed by atoms with E-state index in [9.17, 15) is 9.59 Å². The first kappa shape index (κ1) is 27.7. The van der Waals surface area contributed by atoms with E-state index in [-0.39, 0.29) is 11.9 Å². The lowest BCUT2D eigenvalue weighted by Gasteiger charge is -2.05. The number of hydrogen-bond acceptors (Lipinski definition) is 3. The van der Waals surface area contributed by atoms with E-state index in [1.54, 1.807) is 0 Å². The number of rotatable bonds is 20. The van der Waals surface area contributed by atoms with Gasteiger partial charge in [0.25, 0.3) is 0 Å². The van der Waals surface area contributed by atoms with Gasteiger partial charge in [-0.05, 0) is 25.7 Å². The summed E-state index contributed by atoms with van der Waals surface area (Å²) >= 11 is 0. The first-order valence-corrected chi connectivity index (χ1v) is 13.3. The van der Waals surface area contributed by atoms with Crippen molar-refractivity contribution >= 4 is 11.9 Å². The summed E-state index contributed by atoms with van der Waals surface area (Å²) in [6.07, 6.45) is 30.7. The van der Waals surface area contributed by atoms with E-state index in [2.05, 4.69) is 26.0 Å². The Labute approximate surface area is 192 Å². The third-order valence-electron chi connectivity index (χ3n) is 6.27. The van der Waals surface area contributed by atoms with Crippen LogP contribution in [0.15, 0.2) is 24.3 Å². The van der Waals surface area contributed by atoms with Gasteiger partial charge in [-0.25, -0.2) is 0 Å². The largest absolute Gasteiger partial charge is 0.392 e. The number of cyclic esters (lactones) is 2. The van der Waals surface area contributed by atoms with Gasteiger partial charge >= 0.3 is 11.9 Å². The van der Waals surface area contributed by atoms with E-state index < -0.39 is 11.8 Å². The molecule has 0 amide bonds. The maximum absolute atomic E-state index is 12.0. The van der Waals surface area contributed by atoms with Gasteiger partial charge < -0.3 is 4.74 Å². The Kier molecular flexibility index (Phi) is 17.2. The molecule has 2 atom stereocenters. The molecule has 1 rings (SSSR count). The van der Waals surface area contributed by atoms with Crippen LogP contribution in [0, 0.1) is 11.8 Å². The van der Waals surface area contributed by atoms with E-state index >= 15 is 0 Å². The quantitative estimate of drug-likeness (QED) is 0.0838. The summed E-state index contributed by atoms with van der Waals surface area (Å²) in [5.41, 5.74) is 0. The topological polar surface area (TPSA) is 43.4 Å². The van der Waals surface area contributed by atoms with E-state index in [1.807, 2.05) is 12.2 Å². The molecule has 1 aliphatic heterocycles. The van der Waals surface area contributed by atoms with Gasteiger partial charge in [0, 0.05) is 0 Å². The van der Waals surface area contributed by atoms with Crippen molar-refractivity contribution in [3.8, 4) is 0 Å². The number of allylic oxidation sites excluding steroid dienone is 2. The first-order chi connectivity index (χ1) is 15.2. The summed E-state index contributed by atoms with van der Waals surface area (Å²) in [7, 11) is 0. The van der Waals surface area contributed by atoms with Gasteiger partial charge in [-0.15, -0.1) is 0 Å². The number of ether oxygens (including phenoxy) is 1. The van der Waals surface area contributed by atoms with Gasteiger partial charge in [-0.1, -0.05) is 128 Å². The van der Waals surface area contributed by atoms with Gasteiger partial charge in [0.1, 0.15) is 0 Å². The molecule has 3 heteroatoms. The standard InChI is InChI=1S/C28H48O3/c1-3-5-7-9-11-13-15-17-19-21-23-25-26(28(30)31-27(25)29)24-22-20-18-16-14-12-10-8-6-4-2/h21-26H,3-20H2,1-2H3. The SMILES string of the molecule is CCCCCCCCCCC=CC1C(=O)OC(=O)C1C=CCCCCCCCCCC. The highest BCUT2D eigenvalue weighted by atomic mass is 16.6. The third kappa shape index (κ3) is 13.6. The molecular weight excluding hydrogens is 384 g/mol. The molecule has 0 radical (unpaired) electrons. The van der Waals surface area contributed by atoms with Crippen LogP contribution in [0.25, 0.3) is 0 Å². The fraction of sp³-hybridized carbons (Fsp3) is 0.786. The number of unbranched alkanes of at least 4 members (excludes halogenated alkanes) is 16. The highest BCUT2D eigenvalue weighted by Crippen LogP contribution is 2.27. The van der Waals surface area contributed by atoms with Crippen molar-refractivity contribution in [1.82, 2.24) is 0 Å². The summed E-state index contributed by atoms with van der Waals surface area (Å²) in [4.78, 5) is 24.1. The summed E-state index contributed by atoms with van der Waals surface area (Å²) < 4.78 is 4.89. The smallest absolute Gasteiger partial charge is 0.321 e. The predicted molar refractivity (Wildman–Crippen MR) is 131 cm³/mol. The molecule has 3 nitrogen and oxygen atoms in total. The second-order valence-electron chi connectivity index (χ2n) is 9.18. The highest BCUT2D eigenvalue weighted by Gasteiger charge is 2.40. The Bertz CT molecular complexity index is 474. The van der Waals surface area contributed by atoms with Crippen LogP contribution >= 0.6 is 0 Å². The molecule has 0 saturated carbocycles. The van der Waals surface area contributed by atoms with E-state index in [4.69, 9.17) is 4.74 Å². The third-order valence-corrected chi connectivity index (χ3v) is 6.27. The summed E-state index contributed by atoms with van der Waals surface area (Å²) in [6, 6.07) is 0. The molecule has 1 heterocycles. The number of carbonyl (C=O) groups excluding carboxylic acids is 2. The van der Waals surface area contributed by atoms with E-state index in [1.165, 1.54) is 89.9 Å². The van der Waals surface area contributed by atoms with Gasteiger partial charge in [0.15, 0.2) is 0 Å². The van der Waals surface area contributed by atoms with Gasteiger partial charge in [0.05, 0.1) is 11.8 Å². The molecule has 0 bridgehead atoms. The van der Waals surface area contributed by atoms with Crippen molar-refractivity contribution < 1.29 is 14.3 Å². The molecule has 31 heavy (non-hydrogen) atoms. The Morgan fingerprint density at radius 2 is 0.871 bits per heavy atom. The van der Waals surface area contributed by atoms with Crippen LogP contribution in [-0.2, 0) is 14.3 Å². The molecule has 0 spiro atoms. The van der Waals surface area contributed by atoms with Crippen LogP contribution in [0.2, 0.25) is 0 Å². The maximum Gasteiger partial charge on any atom is 0.321 e. The van der Waals surface area contributed by atoms with Crippen LogP contribution in [0.1, 0.15) is 129 Å². The normalized spacial score (nSPS) is 19.2. The van der Waals surface area contributed by atoms with Crippen LogP contribution in [-0.4, -0.2) is 11.9 Å². The Morgan fingerprint density at radius 1 is 0.548 bits per heavy atom. The molecule has 2 unspecified atom stereocenters. The average Bonchev–Trinajstić information content (AvgIpc) is 3.03. The molecule has 1 saturated heterocycles. The molecule has 1 fully saturated rings. The molecule has 1 aliphatic rings. The molecule has 0 N–H and O–H groups in total. The van der Waals surface area contributed by atoms with Crippen LogP contribution in [0.5, 0.6) is 0 Å². The van der Waals surface area contributed by atoms with Crippen molar-refractivity contribution in [2.75, 3.05) is 0 Å². The molecule has 0 aliphatic carbocycles. The zero-order chi connectivity index (χ0) is 22.6. The first-order valence-electron chi connectivity index (χ1n) is 13.3. The van der Waals surface area contributed by atoms with Gasteiger partial charge in [-0.2, -0.15) is 0 Å². The van der Waals surface area contributed by atoms with E-state index in [0.29, 0.717) is 0 Å². The predicted octanol–water partition coefficient (Wildman–Crippen LogP) is 8.48. The lowest BCUT2D eigenvalue weighted by molar-refractivity contribution is -0.153. The maximum atomic E-state index is 12.0. The minimum Gasteiger partial charge on any atom is -0.392 e. The van der Waals surface area contributed by atoms with Crippen molar-refractivity contribution in [1.29, 1.82) is 0 Å². The number of carbonyl (C=O) groups is 2. The van der Waals surface area contributed by atoms with Gasteiger partial charge in [0.2, 0.25) is 0 Å². The number of esters is 2. The summed E-state index contributed by atoms with van der Waals surface area (Å²) in [5, 5.41) is 0. The molecule has 0 aromatic rings. The monoisotopic (exact) mass is 432 g/mol. The zero-order valence-corrected chi connectivity index (χ0v) is 20.4. The molecule has 0 aromatic heterocycles. The minimum atomic E-state index is -0.434. The Balaban J connectivity index is 2.18. The zero-order valence-electron chi connectivity index (χ0n) is 20.4. The average molecular weight is 433 g/mol. The number of hydrogen-bond donors (Lipinski definition) is 0. The summed E-state index contributed by atoms with van der Waals surface area (Å²) in [5.74, 6) is -1.65. The lowest BCUT2D eigenvalue weighted by Crippen LogP contribution is -2.13. The van der Waals surface area contributed by atoms with Crippen molar-refractivity contribution in [2.24, 2.45) is 11.8 Å².